The molecular weight excluding hydrogens is 176 g/mol. The van der Waals surface area contributed by atoms with Gasteiger partial charge in [0.1, 0.15) is 6.29 Å². The minimum absolute atomic E-state index is 0.541. The topological polar surface area (TPSA) is 76.4 Å². The Balaban J connectivity index is 1.99. The molecule has 4 nitrogen and oxygen atoms in total. The van der Waals surface area contributed by atoms with Crippen molar-refractivity contribution in [2.24, 2.45) is 22.5 Å². The smallest absolute Gasteiger partial charge is 0.142 e. The number of hydrazone groups is 1. The van der Waals surface area contributed by atoms with Gasteiger partial charge in [-0.15, -0.1) is 0 Å². The van der Waals surface area contributed by atoms with Crippen molar-refractivity contribution in [2.45, 2.75) is 51.2 Å². The molecule has 4 heteroatoms. The zero-order valence-corrected chi connectivity index (χ0v) is 8.78. The van der Waals surface area contributed by atoms with Gasteiger partial charge in [0.05, 0.1) is 0 Å². The maximum Gasteiger partial charge on any atom is 0.142 e. The molecule has 1 saturated carbocycles. The molecule has 0 saturated heterocycles. The van der Waals surface area contributed by atoms with Gasteiger partial charge in [0, 0.05) is 6.21 Å². The molecule has 1 rings (SSSR count). The number of hydrogen-bond acceptors (Lipinski definition) is 4. The maximum absolute atomic E-state index is 5.27. The molecule has 0 amide bonds. The van der Waals surface area contributed by atoms with Crippen molar-refractivity contribution in [3.05, 3.63) is 0 Å². The van der Waals surface area contributed by atoms with Gasteiger partial charge in [-0.1, -0.05) is 32.1 Å². The van der Waals surface area contributed by atoms with Crippen molar-refractivity contribution in [2.75, 3.05) is 0 Å². The Morgan fingerprint density at radius 2 is 2.00 bits per heavy atom. The Bertz CT molecular complexity index is 162. The van der Waals surface area contributed by atoms with Gasteiger partial charge in [0.15, 0.2) is 0 Å². The first-order valence-corrected chi connectivity index (χ1v) is 5.57. The highest BCUT2D eigenvalue weighted by atomic mass is 15.4. The Labute approximate surface area is 86.1 Å². The number of nitrogens with one attached hydrogen (secondary N) is 1. The minimum atomic E-state index is -0.541. The summed E-state index contributed by atoms with van der Waals surface area (Å²) in [6, 6.07) is 0. The van der Waals surface area contributed by atoms with E-state index in [4.69, 9.17) is 11.5 Å². The molecule has 0 unspecified atom stereocenters. The highest BCUT2D eigenvalue weighted by molar-refractivity contribution is 5.56. The molecular formula is C10H22N4. The van der Waals surface area contributed by atoms with Crippen molar-refractivity contribution < 1.29 is 0 Å². The fourth-order valence-corrected chi connectivity index (χ4v) is 1.99. The first-order valence-electron chi connectivity index (χ1n) is 5.57. The summed E-state index contributed by atoms with van der Waals surface area (Å²) in [5, 5.41) is 3.93. The lowest BCUT2D eigenvalue weighted by molar-refractivity contribution is 0.344. The van der Waals surface area contributed by atoms with Crippen molar-refractivity contribution in [3.63, 3.8) is 0 Å². The molecule has 82 valence electrons. The first-order chi connectivity index (χ1) is 6.79. The van der Waals surface area contributed by atoms with E-state index < -0.39 is 6.29 Å². The van der Waals surface area contributed by atoms with Gasteiger partial charge in [-0.3, -0.25) is 16.9 Å². The van der Waals surface area contributed by atoms with Gasteiger partial charge < -0.3 is 0 Å². The highest BCUT2D eigenvalue weighted by Crippen LogP contribution is 2.26. The van der Waals surface area contributed by atoms with Gasteiger partial charge in [0.25, 0.3) is 0 Å². The average molecular weight is 198 g/mol. The maximum atomic E-state index is 5.27. The van der Waals surface area contributed by atoms with Crippen LogP contribution in [0.25, 0.3) is 0 Å². The zero-order valence-electron chi connectivity index (χ0n) is 8.78. The van der Waals surface area contributed by atoms with Crippen molar-refractivity contribution >= 4 is 6.21 Å². The van der Waals surface area contributed by atoms with E-state index in [1.807, 2.05) is 6.21 Å². The Hall–Kier alpha value is -0.610. The van der Waals surface area contributed by atoms with Crippen molar-refractivity contribution in [3.8, 4) is 0 Å². The van der Waals surface area contributed by atoms with E-state index in [1.54, 1.807) is 0 Å². The number of nitrogens with zero attached hydrogens (tertiary/aromatic N) is 1. The normalized spacial score (nSPS) is 19.4. The van der Waals surface area contributed by atoms with Crippen LogP contribution in [0.15, 0.2) is 5.10 Å². The van der Waals surface area contributed by atoms with Crippen LogP contribution in [0.2, 0.25) is 0 Å². The second-order valence-corrected chi connectivity index (χ2v) is 4.05. The molecule has 0 atom stereocenters. The van der Waals surface area contributed by atoms with Crippen LogP contribution < -0.4 is 16.9 Å². The Kier molecular flexibility index (Phi) is 5.56. The van der Waals surface area contributed by atoms with Gasteiger partial charge in [-0.05, 0) is 18.8 Å². The Morgan fingerprint density at radius 3 is 2.64 bits per heavy atom. The summed E-state index contributed by atoms with van der Waals surface area (Å²) in [5.74, 6) is 0.918. The van der Waals surface area contributed by atoms with Crippen molar-refractivity contribution in [1.82, 2.24) is 5.43 Å². The lowest BCUT2D eigenvalue weighted by atomic mass is 9.86. The number of rotatable bonds is 5. The van der Waals surface area contributed by atoms with E-state index >= 15 is 0 Å². The fourth-order valence-electron chi connectivity index (χ4n) is 1.99. The third-order valence-electron chi connectivity index (χ3n) is 2.74. The third-order valence-corrected chi connectivity index (χ3v) is 2.74. The van der Waals surface area contributed by atoms with Crippen LogP contribution in [0.3, 0.4) is 0 Å². The molecule has 0 aromatic carbocycles. The second kappa shape index (κ2) is 6.79. The third kappa shape index (κ3) is 5.19. The van der Waals surface area contributed by atoms with Gasteiger partial charge in [-0.2, -0.15) is 5.10 Å². The molecule has 0 aromatic heterocycles. The van der Waals surface area contributed by atoms with Crippen LogP contribution in [0.5, 0.6) is 0 Å². The summed E-state index contributed by atoms with van der Waals surface area (Å²) < 4.78 is 0. The summed E-state index contributed by atoms with van der Waals surface area (Å²) in [4.78, 5) is 0. The van der Waals surface area contributed by atoms with E-state index in [0.29, 0.717) is 0 Å². The molecule has 0 spiro atoms. The van der Waals surface area contributed by atoms with E-state index in [0.717, 1.165) is 12.3 Å². The second-order valence-electron chi connectivity index (χ2n) is 4.05. The van der Waals surface area contributed by atoms with Crippen molar-refractivity contribution in [1.29, 1.82) is 0 Å². The fraction of sp³-hybridized carbons (Fsp3) is 0.900. The average Bonchev–Trinajstić information content (AvgIpc) is 2.18. The summed E-state index contributed by atoms with van der Waals surface area (Å²) in [6.07, 6.45) is 10.7. The highest BCUT2D eigenvalue weighted by Gasteiger charge is 2.11. The zero-order chi connectivity index (χ0) is 10.2. The molecule has 0 heterocycles. The van der Waals surface area contributed by atoms with Gasteiger partial charge in [-0.25, -0.2) is 0 Å². The molecule has 0 aliphatic heterocycles. The summed E-state index contributed by atoms with van der Waals surface area (Å²) in [6.45, 7) is 0. The van der Waals surface area contributed by atoms with Crippen LogP contribution in [-0.4, -0.2) is 12.5 Å². The van der Waals surface area contributed by atoms with Gasteiger partial charge >= 0.3 is 0 Å². The van der Waals surface area contributed by atoms with E-state index in [2.05, 4.69) is 10.5 Å². The first kappa shape index (κ1) is 11.5. The molecule has 0 aromatic rings. The molecule has 1 aliphatic carbocycles. The quantitative estimate of drug-likeness (QED) is 0.352. The molecule has 0 bridgehead atoms. The largest absolute Gasteiger partial charge is 0.298 e. The standard InChI is InChI=1S/C10H22N4/c11-10(12)14-13-8-4-7-9-5-2-1-3-6-9/h8-10,14H,1-7,11-12H2. The lowest BCUT2D eigenvalue weighted by Crippen LogP contribution is -2.42. The lowest BCUT2D eigenvalue weighted by Gasteiger charge is -2.20. The van der Waals surface area contributed by atoms with E-state index in [9.17, 15) is 0 Å². The predicted molar refractivity (Wildman–Crippen MR) is 59.6 cm³/mol. The van der Waals surface area contributed by atoms with Crippen LogP contribution in [0.1, 0.15) is 44.9 Å². The van der Waals surface area contributed by atoms with Crippen LogP contribution in [-0.2, 0) is 0 Å². The number of hydrogen-bond donors (Lipinski definition) is 3. The molecule has 0 radical (unpaired) electrons. The molecule has 5 N–H and O–H groups in total. The summed E-state index contributed by atoms with van der Waals surface area (Å²) >= 11 is 0. The molecule has 14 heavy (non-hydrogen) atoms. The molecule has 1 fully saturated rings. The van der Waals surface area contributed by atoms with Crippen LogP contribution in [0, 0.1) is 5.92 Å². The Morgan fingerprint density at radius 1 is 1.29 bits per heavy atom. The summed E-state index contributed by atoms with van der Waals surface area (Å²) in [5.41, 5.74) is 13.1. The summed E-state index contributed by atoms with van der Waals surface area (Å²) in [7, 11) is 0. The predicted octanol–water partition coefficient (Wildman–Crippen LogP) is 1.12. The SMILES string of the molecule is NC(N)NN=CCCC1CCCCC1. The van der Waals surface area contributed by atoms with Crippen LogP contribution >= 0.6 is 0 Å². The molecule has 1 aliphatic rings. The van der Waals surface area contributed by atoms with Gasteiger partial charge in [0.2, 0.25) is 0 Å². The van der Waals surface area contributed by atoms with E-state index in [1.165, 1.54) is 38.5 Å². The van der Waals surface area contributed by atoms with E-state index in [-0.39, 0.29) is 0 Å². The number of nitrogens with two attached hydrogens (primary N) is 2. The monoisotopic (exact) mass is 198 g/mol. The minimum Gasteiger partial charge on any atom is -0.298 e. The van der Waals surface area contributed by atoms with Crippen LogP contribution in [0.4, 0.5) is 0 Å².